The van der Waals surface area contributed by atoms with Gasteiger partial charge in [0.15, 0.2) is 0 Å². The van der Waals surface area contributed by atoms with Crippen LogP contribution in [0.3, 0.4) is 0 Å². The Morgan fingerprint density at radius 2 is 2.14 bits per heavy atom. The molecule has 0 unspecified atom stereocenters. The van der Waals surface area contributed by atoms with Crippen molar-refractivity contribution in [1.29, 1.82) is 0 Å². The van der Waals surface area contributed by atoms with Crippen LogP contribution in [0.5, 0.6) is 0 Å². The van der Waals surface area contributed by atoms with Crippen molar-refractivity contribution in [3.8, 4) is 21.7 Å². The molecule has 1 N–H and O–H groups in total. The molecule has 0 fully saturated rings. The highest BCUT2D eigenvalue weighted by Gasteiger charge is 1.54. The summed E-state index contributed by atoms with van der Waals surface area (Å²) in [5.41, 5.74) is 0. The topological polar surface area (TPSA) is 20.2 Å². The summed E-state index contributed by atoms with van der Waals surface area (Å²) >= 11 is 1.88. The molecule has 0 radical (unpaired) electrons. The summed E-state index contributed by atoms with van der Waals surface area (Å²) in [5, 5.41) is 8.05. The van der Waals surface area contributed by atoms with E-state index in [1.807, 2.05) is 22.6 Å². The molecule has 0 heterocycles. The first-order chi connectivity index (χ1) is 3.41. The lowest BCUT2D eigenvalue weighted by Gasteiger charge is -1.60. The number of rotatable bonds is 0. The Labute approximate surface area is 56.3 Å². The molecule has 0 amide bonds. The smallest absolute Gasteiger partial charge is 0.105 e. The van der Waals surface area contributed by atoms with Crippen molar-refractivity contribution in [3.63, 3.8) is 0 Å². The molecule has 0 rings (SSSR count). The van der Waals surface area contributed by atoms with E-state index >= 15 is 0 Å². The lowest BCUT2D eigenvalue weighted by atomic mass is 10.6. The zero-order valence-electron chi connectivity index (χ0n) is 3.53. The zero-order valence-corrected chi connectivity index (χ0v) is 5.69. The SMILES string of the molecule is OCC#CC#CI. The van der Waals surface area contributed by atoms with Crippen LogP contribution in [-0.4, -0.2) is 11.7 Å². The number of hydrogen-bond acceptors (Lipinski definition) is 1. The van der Waals surface area contributed by atoms with Gasteiger partial charge in [0.2, 0.25) is 0 Å². The molecular weight excluding hydrogens is 203 g/mol. The van der Waals surface area contributed by atoms with Gasteiger partial charge in [-0.25, -0.2) is 0 Å². The van der Waals surface area contributed by atoms with Gasteiger partial charge in [-0.15, -0.1) is 0 Å². The molecule has 0 bridgehead atoms. The Kier molecular flexibility index (Phi) is 5.65. The molecule has 0 atom stereocenters. The van der Waals surface area contributed by atoms with Gasteiger partial charge in [0.05, 0.1) is 0 Å². The Hall–Kier alpha value is -0.190. The minimum atomic E-state index is -0.106. The van der Waals surface area contributed by atoms with E-state index in [1.165, 1.54) is 0 Å². The Balaban J connectivity index is 3.39. The highest BCUT2D eigenvalue weighted by Crippen LogP contribution is 1.67. The average molecular weight is 206 g/mol. The van der Waals surface area contributed by atoms with Gasteiger partial charge >= 0.3 is 0 Å². The van der Waals surface area contributed by atoms with Crippen LogP contribution in [0.25, 0.3) is 0 Å². The largest absolute Gasteiger partial charge is 0.384 e. The third-order valence-electron chi connectivity index (χ3n) is 0.277. The first kappa shape index (κ1) is 6.81. The first-order valence-electron chi connectivity index (χ1n) is 1.61. The normalized spacial score (nSPS) is 4.86. The molecule has 0 saturated heterocycles. The van der Waals surface area contributed by atoms with Crippen LogP contribution in [0.4, 0.5) is 0 Å². The summed E-state index contributed by atoms with van der Waals surface area (Å²) in [7, 11) is 0. The maximum Gasteiger partial charge on any atom is 0.105 e. The molecular formula is C5H3IO. The Morgan fingerprint density at radius 1 is 1.43 bits per heavy atom. The fourth-order valence-corrected chi connectivity index (χ4v) is 0.242. The number of hydrogen-bond donors (Lipinski definition) is 1. The van der Waals surface area contributed by atoms with Crippen LogP contribution in [0, 0.1) is 21.7 Å². The first-order valence-corrected chi connectivity index (χ1v) is 2.69. The van der Waals surface area contributed by atoms with E-state index in [9.17, 15) is 0 Å². The highest BCUT2D eigenvalue weighted by atomic mass is 127. The molecule has 0 aliphatic rings. The van der Waals surface area contributed by atoms with E-state index in [2.05, 4.69) is 21.7 Å². The Morgan fingerprint density at radius 3 is 2.57 bits per heavy atom. The number of aliphatic hydroxyl groups is 1. The molecule has 0 aliphatic heterocycles. The molecule has 0 spiro atoms. The third-order valence-corrected chi connectivity index (χ3v) is 0.547. The predicted molar refractivity (Wildman–Crippen MR) is 36.7 cm³/mol. The summed E-state index contributed by atoms with van der Waals surface area (Å²) in [4.78, 5) is 0. The molecule has 0 aromatic carbocycles. The molecule has 1 nitrogen and oxygen atoms in total. The van der Waals surface area contributed by atoms with E-state index in [4.69, 9.17) is 5.11 Å². The summed E-state index contributed by atoms with van der Waals surface area (Å²) in [6.45, 7) is -0.106. The maximum absolute atomic E-state index is 8.05. The number of aliphatic hydroxyl groups excluding tert-OH is 1. The quantitative estimate of drug-likeness (QED) is 0.448. The van der Waals surface area contributed by atoms with Gasteiger partial charge in [-0.05, 0) is 15.8 Å². The van der Waals surface area contributed by atoms with Crippen molar-refractivity contribution >= 4 is 22.6 Å². The molecule has 0 aliphatic carbocycles. The van der Waals surface area contributed by atoms with Crippen LogP contribution in [-0.2, 0) is 0 Å². The van der Waals surface area contributed by atoms with Gasteiger partial charge in [0.1, 0.15) is 6.61 Å². The monoisotopic (exact) mass is 206 g/mol. The fraction of sp³-hybridized carbons (Fsp3) is 0.200. The lowest BCUT2D eigenvalue weighted by molar-refractivity contribution is 0.350. The van der Waals surface area contributed by atoms with E-state index in [0.29, 0.717) is 0 Å². The summed E-state index contributed by atoms with van der Waals surface area (Å²) in [6, 6.07) is 0. The van der Waals surface area contributed by atoms with E-state index in [1.54, 1.807) is 0 Å². The van der Waals surface area contributed by atoms with Crippen LogP contribution < -0.4 is 0 Å². The second-order valence-electron chi connectivity index (χ2n) is 0.679. The van der Waals surface area contributed by atoms with Crippen LogP contribution in [0.2, 0.25) is 0 Å². The minimum Gasteiger partial charge on any atom is -0.384 e. The summed E-state index contributed by atoms with van der Waals surface area (Å²) in [6.07, 6.45) is 0. The maximum atomic E-state index is 8.05. The van der Waals surface area contributed by atoms with Gasteiger partial charge < -0.3 is 5.11 Å². The molecule has 0 saturated carbocycles. The molecule has 7 heavy (non-hydrogen) atoms. The van der Waals surface area contributed by atoms with Crippen molar-refractivity contribution in [2.45, 2.75) is 0 Å². The van der Waals surface area contributed by atoms with Crippen molar-refractivity contribution in [2.75, 3.05) is 6.61 Å². The zero-order chi connectivity index (χ0) is 5.54. The summed E-state index contributed by atoms with van der Waals surface area (Å²) in [5.74, 6) is 7.26. The van der Waals surface area contributed by atoms with Gasteiger partial charge in [0, 0.05) is 22.6 Å². The average Bonchev–Trinajstić information content (AvgIpc) is 1.69. The second-order valence-corrected chi connectivity index (χ2v) is 1.22. The number of halogens is 1. The molecule has 36 valence electrons. The molecule has 2 heteroatoms. The van der Waals surface area contributed by atoms with Crippen LogP contribution in [0.1, 0.15) is 0 Å². The Bertz CT molecular complexity index is 141. The van der Waals surface area contributed by atoms with Crippen molar-refractivity contribution < 1.29 is 5.11 Å². The van der Waals surface area contributed by atoms with Crippen molar-refractivity contribution in [3.05, 3.63) is 0 Å². The van der Waals surface area contributed by atoms with Crippen molar-refractivity contribution in [2.24, 2.45) is 0 Å². The highest BCUT2D eigenvalue weighted by molar-refractivity contribution is 14.1. The van der Waals surface area contributed by atoms with E-state index in [0.717, 1.165) is 0 Å². The summed E-state index contributed by atoms with van der Waals surface area (Å²) < 4.78 is 2.54. The van der Waals surface area contributed by atoms with E-state index in [-0.39, 0.29) is 6.61 Å². The van der Waals surface area contributed by atoms with Crippen molar-refractivity contribution in [1.82, 2.24) is 0 Å². The third kappa shape index (κ3) is 5.81. The van der Waals surface area contributed by atoms with E-state index < -0.39 is 0 Å². The van der Waals surface area contributed by atoms with Gasteiger partial charge in [0.25, 0.3) is 0 Å². The molecule has 0 aromatic rings. The van der Waals surface area contributed by atoms with Gasteiger partial charge in [-0.2, -0.15) is 0 Å². The standard InChI is InChI=1S/C5H3IO/c6-4-2-1-3-5-7/h7H,5H2. The minimum absolute atomic E-state index is 0.106. The molecule has 0 aromatic heterocycles. The second kappa shape index (κ2) is 5.81. The van der Waals surface area contributed by atoms with Gasteiger partial charge in [-0.1, -0.05) is 5.92 Å². The lowest BCUT2D eigenvalue weighted by Crippen LogP contribution is -1.67. The fourth-order valence-electron chi connectivity index (χ4n) is 0.107. The van der Waals surface area contributed by atoms with Crippen LogP contribution in [0.15, 0.2) is 0 Å². The van der Waals surface area contributed by atoms with Gasteiger partial charge in [-0.3, -0.25) is 0 Å². The van der Waals surface area contributed by atoms with Crippen LogP contribution >= 0.6 is 22.6 Å². The predicted octanol–water partition coefficient (Wildman–Crippen LogP) is 0.378.